The van der Waals surface area contributed by atoms with E-state index >= 15 is 0 Å². The first kappa shape index (κ1) is 6.89. The van der Waals surface area contributed by atoms with Gasteiger partial charge < -0.3 is 4.42 Å². The van der Waals surface area contributed by atoms with E-state index in [-0.39, 0.29) is 5.35 Å². The number of fused-ring (bicyclic) bond motifs is 1. The third-order valence-corrected chi connectivity index (χ3v) is 3.16. The van der Waals surface area contributed by atoms with E-state index in [1.165, 1.54) is 19.3 Å². The Kier molecular flexibility index (Phi) is 1.28. The summed E-state index contributed by atoms with van der Waals surface area (Å²) in [4.78, 5) is 0. The zero-order valence-electron chi connectivity index (χ0n) is 6.53. The fraction of sp³-hybridized carbons (Fsp3) is 0.750. The maximum absolute atomic E-state index is 5.55. The lowest BCUT2D eigenvalue weighted by Gasteiger charge is -2.03. The van der Waals surface area contributed by atoms with Gasteiger partial charge in [-0.25, -0.2) is 0 Å². The minimum Gasteiger partial charge on any atom is -0.412 e. The van der Waals surface area contributed by atoms with Crippen molar-refractivity contribution in [3.63, 3.8) is 0 Å². The summed E-state index contributed by atoms with van der Waals surface area (Å²) in [6, 6.07) is 0. The highest BCUT2D eigenvalue weighted by Crippen LogP contribution is 2.57. The molecule has 2 fully saturated rings. The molecule has 1 aromatic rings. The molecule has 0 saturated heterocycles. The number of aromatic nitrogens is 2. The molecule has 64 valence electrons. The van der Waals surface area contributed by atoms with E-state index < -0.39 is 0 Å². The van der Waals surface area contributed by atoms with Crippen molar-refractivity contribution in [2.24, 2.45) is 11.8 Å². The summed E-state index contributed by atoms with van der Waals surface area (Å²) in [5.41, 5.74) is 0. The van der Waals surface area contributed by atoms with Gasteiger partial charge in [0.05, 0.1) is 0 Å². The van der Waals surface area contributed by atoms with Crippen LogP contribution in [0.15, 0.2) is 4.42 Å². The number of hydrogen-bond donors (Lipinski definition) is 0. The van der Waals surface area contributed by atoms with Crippen LogP contribution >= 0.6 is 11.6 Å². The van der Waals surface area contributed by atoms with Crippen LogP contribution in [0.2, 0.25) is 5.35 Å². The zero-order valence-corrected chi connectivity index (χ0v) is 7.29. The summed E-state index contributed by atoms with van der Waals surface area (Å²) in [6.07, 6.45) is 3.87. The van der Waals surface area contributed by atoms with Crippen LogP contribution in [0.25, 0.3) is 0 Å². The molecule has 0 N–H and O–H groups in total. The molecule has 0 bridgehead atoms. The van der Waals surface area contributed by atoms with Gasteiger partial charge in [0.1, 0.15) is 0 Å². The van der Waals surface area contributed by atoms with Crippen molar-refractivity contribution in [1.82, 2.24) is 10.2 Å². The molecular weight excluding hydrogens is 176 g/mol. The Morgan fingerprint density at radius 2 is 1.92 bits per heavy atom. The molecule has 0 aliphatic heterocycles. The quantitative estimate of drug-likeness (QED) is 0.672. The van der Waals surface area contributed by atoms with Gasteiger partial charge in [-0.2, -0.15) is 0 Å². The Morgan fingerprint density at radius 3 is 2.50 bits per heavy atom. The van der Waals surface area contributed by atoms with Crippen LogP contribution in [0.3, 0.4) is 0 Å². The van der Waals surface area contributed by atoms with E-state index in [4.69, 9.17) is 16.0 Å². The van der Waals surface area contributed by atoms with E-state index in [2.05, 4.69) is 10.2 Å². The van der Waals surface area contributed by atoms with Gasteiger partial charge in [-0.15, -0.1) is 5.10 Å². The molecule has 2 aliphatic carbocycles. The van der Waals surface area contributed by atoms with Gasteiger partial charge in [-0.05, 0) is 42.7 Å². The largest absolute Gasteiger partial charge is 0.412 e. The summed E-state index contributed by atoms with van der Waals surface area (Å²) in [7, 11) is 0. The molecule has 0 aromatic carbocycles. The Balaban J connectivity index is 1.81. The van der Waals surface area contributed by atoms with Gasteiger partial charge >= 0.3 is 5.35 Å². The number of hydrogen-bond acceptors (Lipinski definition) is 3. The highest BCUT2D eigenvalue weighted by atomic mass is 35.5. The Hall–Kier alpha value is -0.570. The first-order valence-electron chi connectivity index (χ1n) is 4.32. The van der Waals surface area contributed by atoms with Crippen LogP contribution in [0.1, 0.15) is 31.1 Å². The lowest BCUT2D eigenvalue weighted by atomic mass is 10.0. The molecule has 0 radical (unpaired) electrons. The highest BCUT2D eigenvalue weighted by Gasteiger charge is 2.47. The van der Waals surface area contributed by atoms with Crippen LogP contribution in [0.5, 0.6) is 0 Å². The molecule has 4 heteroatoms. The first-order chi connectivity index (χ1) is 5.83. The van der Waals surface area contributed by atoms with Crippen LogP contribution in [-0.2, 0) is 0 Å². The molecule has 2 aliphatic rings. The molecule has 3 rings (SSSR count). The van der Waals surface area contributed by atoms with Crippen molar-refractivity contribution in [3.8, 4) is 0 Å². The minimum absolute atomic E-state index is 0.172. The van der Waals surface area contributed by atoms with E-state index in [1.54, 1.807) is 0 Å². The van der Waals surface area contributed by atoms with Crippen LogP contribution in [-0.4, -0.2) is 10.2 Å². The lowest BCUT2D eigenvalue weighted by Crippen LogP contribution is -1.95. The third-order valence-electron chi connectivity index (χ3n) is 3.01. The molecule has 2 unspecified atom stereocenters. The van der Waals surface area contributed by atoms with Crippen molar-refractivity contribution in [2.75, 3.05) is 0 Å². The highest BCUT2D eigenvalue weighted by molar-refractivity contribution is 6.27. The van der Waals surface area contributed by atoms with E-state index in [1.807, 2.05) is 0 Å². The fourth-order valence-corrected chi connectivity index (χ4v) is 2.41. The second-order valence-electron chi connectivity index (χ2n) is 3.82. The second-order valence-corrected chi connectivity index (χ2v) is 4.14. The molecule has 3 nitrogen and oxygen atoms in total. The van der Waals surface area contributed by atoms with Gasteiger partial charge in [0.25, 0.3) is 0 Å². The van der Waals surface area contributed by atoms with Crippen LogP contribution < -0.4 is 0 Å². The Morgan fingerprint density at radius 1 is 1.17 bits per heavy atom. The van der Waals surface area contributed by atoms with E-state index in [0.717, 1.165) is 17.7 Å². The molecule has 0 amide bonds. The first-order valence-corrected chi connectivity index (χ1v) is 4.69. The van der Waals surface area contributed by atoms with Crippen molar-refractivity contribution in [1.29, 1.82) is 0 Å². The minimum atomic E-state index is 0.172. The van der Waals surface area contributed by atoms with Crippen molar-refractivity contribution >= 4 is 11.6 Å². The predicted molar refractivity (Wildman–Crippen MR) is 42.9 cm³/mol. The third kappa shape index (κ3) is 0.959. The van der Waals surface area contributed by atoms with Crippen molar-refractivity contribution < 1.29 is 4.42 Å². The normalized spacial score (nSPS) is 38.2. The molecule has 2 saturated carbocycles. The number of nitrogens with zero attached hydrogens (tertiary/aromatic N) is 2. The monoisotopic (exact) mass is 184 g/mol. The summed E-state index contributed by atoms with van der Waals surface area (Å²) >= 11 is 5.55. The average molecular weight is 185 g/mol. The molecular formula is C8H9ClN2O. The lowest BCUT2D eigenvalue weighted by molar-refractivity contribution is 0.431. The standard InChI is InChI=1S/C8H9ClN2O/c9-8-11-10-7(12-8)6-2-4-1-5(4)3-6/h4-6H,1-3H2. The molecule has 12 heavy (non-hydrogen) atoms. The maximum Gasteiger partial charge on any atom is 0.312 e. The number of rotatable bonds is 1. The van der Waals surface area contributed by atoms with Gasteiger partial charge in [0.2, 0.25) is 5.89 Å². The van der Waals surface area contributed by atoms with Gasteiger partial charge in [0, 0.05) is 5.92 Å². The zero-order chi connectivity index (χ0) is 8.13. The van der Waals surface area contributed by atoms with E-state index in [9.17, 15) is 0 Å². The van der Waals surface area contributed by atoms with Gasteiger partial charge in [-0.1, -0.05) is 5.10 Å². The van der Waals surface area contributed by atoms with Crippen molar-refractivity contribution in [3.05, 3.63) is 11.2 Å². The summed E-state index contributed by atoms with van der Waals surface area (Å²) in [6.45, 7) is 0. The average Bonchev–Trinajstić information content (AvgIpc) is 2.49. The topological polar surface area (TPSA) is 38.9 Å². The molecule has 1 heterocycles. The summed E-state index contributed by atoms with van der Waals surface area (Å²) in [5.74, 6) is 3.13. The smallest absolute Gasteiger partial charge is 0.312 e. The Labute approximate surface area is 75.1 Å². The second kappa shape index (κ2) is 2.22. The summed E-state index contributed by atoms with van der Waals surface area (Å²) < 4.78 is 5.18. The Bertz CT molecular complexity index is 302. The number of halogens is 1. The molecule has 1 aromatic heterocycles. The molecule has 0 spiro atoms. The van der Waals surface area contributed by atoms with E-state index in [0.29, 0.717) is 5.92 Å². The SMILES string of the molecule is Clc1nnc(C2CC3CC3C2)o1. The molecule has 2 atom stereocenters. The van der Waals surface area contributed by atoms with Crippen LogP contribution in [0, 0.1) is 11.8 Å². The summed E-state index contributed by atoms with van der Waals surface area (Å²) in [5, 5.41) is 7.73. The maximum atomic E-state index is 5.55. The van der Waals surface area contributed by atoms with Crippen molar-refractivity contribution in [2.45, 2.75) is 25.2 Å². The van der Waals surface area contributed by atoms with Crippen LogP contribution in [0.4, 0.5) is 0 Å². The van der Waals surface area contributed by atoms with Gasteiger partial charge in [-0.3, -0.25) is 0 Å². The van der Waals surface area contributed by atoms with Gasteiger partial charge in [0.15, 0.2) is 0 Å². The fourth-order valence-electron chi connectivity index (χ4n) is 2.30. The predicted octanol–water partition coefficient (Wildman–Crippen LogP) is 2.24.